The second-order valence-electron chi connectivity index (χ2n) is 3.82. The molecule has 0 aromatic rings. The van der Waals surface area contributed by atoms with Gasteiger partial charge in [0.05, 0.1) is 0 Å². The second kappa shape index (κ2) is 4.29. The van der Waals surface area contributed by atoms with E-state index in [2.05, 4.69) is 5.32 Å². The molecule has 1 aliphatic rings. The van der Waals surface area contributed by atoms with Crippen molar-refractivity contribution in [2.45, 2.75) is 50.9 Å². The van der Waals surface area contributed by atoms with Gasteiger partial charge >= 0.3 is 6.18 Å². The number of halogens is 3. The minimum absolute atomic E-state index is 0.217. The SMILES string of the molecule is CC1CCCC(CC(=O)C(F)(F)F)N1. The van der Waals surface area contributed by atoms with Gasteiger partial charge in [-0.3, -0.25) is 4.79 Å². The van der Waals surface area contributed by atoms with Gasteiger partial charge in [-0.25, -0.2) is 0 Å². The van der Waals surface area contributed by atoms with Gasteiger partial charge in [-0.05, 0) is 19.8 Å². The average molecular weight is 209 g/mol. The summed E-state index contributed by atoms with van der Waals surface area (Å²) in [6, 6.07) is -0.0809. The highest BCUT2D eigenvalue weighted by atomic mass is 19.4. The number of piperidine rings is 1. The molecule has 1 rings (SSSR count). The third-order valence-corrected chi connectivity index (χ3v) is 2.46. The van der Waals surface area contributed by atoms with Gasteiger partial charge < -0.3 is 5.32 Å². The lowest BCUT2D eigenvalue weighted by atomic mass is 9.96. The van der Waals surface area contributed by atoms with E-state index in [1.165, 1.54) is 0 Å². The molecule has 0 radical (unpaired) electrons. The molecule has 0 spiro atoms. The molecule has 1 heterocycles. The highest BCUT2D eigenvalue weighted by Gasteiger charge is 2.39. The Bertz CT molecular complexity index is 215. The molecule has 1 fully saturated rings. The van der Waals surface area contributed by atoms with Crippen LogP contribution in [0.2, 0.25) is 0 Å². The number of ketones is 1. The zero-order valence-corrected chi connectivity index (χ0v) is 8.03. The predicted octanol–water partition coefficient (Wildman–Crippen LogP) is 2.04. The minimum atomic E-state index is -4.68. The fourth-order valence-corrected chi connectivity index (χ4v) is 1.74. The van der Waals surface area contributed by atoms with Crippen molar-refractivity contribution >= 4 is 5.78 Å². The fraction of sp³-hybridized carbons (Fsp3) is 0.889. The number of carbonyl (C=O) groups excluding carboxylic acids is 1. The van der Waals surface area contributed by atoms with Crippen molar-refractivity contribution in [3.63, 3.8) is 0 Å². The van der Waals surface area contributed by atoms with E-state index < -0.39 is 18.4 Å². The van der Waals surface area contributed by atoms with Gasteiger partial charge in [0.25, 0.3) is 0 Å². The Labute approximate surface area is 80.9 Å². The molecule has 0 aromatic carbocycles. The van der Waals surface area contributed by atoms with Gasteiger partial charge in [0.2, 0.25) is 5.78 Å². The van der Waals surface area contributed by atoms with Crippen LogP contribution in [0.4, 0.5) is 13.2 Å². The molecule has 1 aliphatic heterocycles. The fourth-order valence-electron chi connectivity index (χ4n) is 1.74. The summed E-state index contributed by atoms with van der Waals surface area (Å²) in [5.74, 6) is -1.62. The summed E-state index contributed by atoms with van der Waals surface area (Å²) in [6.45, 7) is 1.92. The first-order valence-electron chi connectivity index (χ1n) is 4.75. The lowest BCUT2D eigenvalue weighted by Crippen LogP contribution is -2.43. The van der Waals surface area contributed by atoms with E-state index in [1.54, 1.807) is 0 Å². The molecule has 82 valence electrons. The Balaban J connectivity index is 2.40. The molecule has 0 saturated carbocycles. The number of Topliss-reactive ketones (excluding diaryl/α,β-unsaturated/α-hetero) is 1. The third-order valence-electron chi connectivity index (χ3n) is 2.46. The summed E-state index contributed by atoms with van der Waals surface area (Å²) < 4.78 is 35.8. The van der Waals surface area contributed by atoms with E-state index in [4.69, 9.17) is 0 Å². The van der Waals surface area contributed by atoms with Crippen molar-refractivity contribution in [1.29, 1.82) is 0 Å². The number of carbonyl (C=O) groups is 1. The lowest BCUT2D eigenvalue weighted by Gasteiger charge is -2.28. The second-order valence-corrected chi connectivity index (χ2v) is 3.82. The van der Waals surface area contributed by atoms with E-state index in [9.17, 15) is 18.0 Å². The van der Waals surface area contributed by atoms with Gasteiger partial charge in [-0.1, -0.05) is 6.42 Å². The smallest absolute Gasteiger partial charge is 0.311 e. The van der Waals surface area contributed by atoms with Crippen molar-refractivity contribution in [1.82, 2.24) is 5.32 Å². The number of alkyl halides is 3. The Morgan fingerprint density at radius 1 is 1.43 bits per heavy atom. The molecular formula is C9H14F3NO. The number of nitrogens with one attached hydrogen (secondary N) is 1. The highest BCUT2D eigenvalue weighted by Crippen LogP contribution is 2.22. The van der Waals surface area contributed by atoms with E-state index >= 15 is 0 Å². The van der Waals surface area contributed by atoms with Crippen LogP contribution in [0.3, 0.4) is 0 Å². The van der Waals surface area contributed by atoms with Crippen LogP contribution in [-0.2, 0) is 4.79 Å². The van der Waals surface area contributed by atoms with Crippen LogP contribution in [0.1, 0.15) is 32.6 Å². The molecule has 1 N–H and O–H groups in total. The topological polar surface area (TPSA) is 29.1 Å². The maximum absolute atomic E-state index is 11.9. The summed E-state index contributed by atoms with van der Waals surface area (Å²) in [5, 5.41) is 3.00. The zero-order valence-electron chi connectivity index (χ0n) is 8.03. The number of hydrogen-bond donors (Lipinski definition) is 1. The largest absolute Gasteiger partial charge is 0.450 e. The van der Waals surface area contributed by atoms with Crippen molar-refractivity contribution < 1.29 is 18.0 Å². The average Bonchev–Trinajstić information content (AvgIpc) is 2.02. The third kappa shape index (κ3) is 3.29. The summed E-state index contributed by atoms with van der Waals surface area (Å²) in [6.07, 6.45) is -2.58. The van der Waals surface area contributed by atoms with Crippen molar-refractivity contribution in [3.05, 3.63) is 0 Å². The van der Waals surface area contributed by atoms with E-state index in [1.807, 2.05) is 6.92 Å². The molecule has 0 aliphatic carbocycles. The molecule has 5 heteroatoms. The lowest BCUT2D eigenvalue weighted by molar-refractivity contribution is -0.171. The quantitative estimate of drug-likeness (QED) is 0.754. The van der Waals surface area contributed by atoms with Crippen LogP contribution in [-0.4, -0.2) is 24.0 Å². The summed E-state index contributed by atoms with van der Waals surface area (Å²) in [5.41, 5.74) is 0. The van der Waals surface area contributed by atoms with Crippen molar-refractivity contribution in [2.75, 3.05) is 0 Å². The molecule has 1 saturated heterocycles. The number of hydrogen-bond acceptors (Lipinski definition) is 2. The van der Waals surface area contributed by atoms with Crippen molar-refractivity contribution in [2.24, 2.45) is 0 Å². The monoisotopic (exact) mass is 209 g/mol. The van der Waals surface area contributed by atoms with Crippen LogP contribution < -0.4 is 5.32 Å². The molecule has 0 aromatic heterocycles. The maximum Gasteiger partial charge on any atom is 0.450 e. The van der Waals surface area contributed by atoms with Gasteiger partial charge in [0.1, 0.15) is 0 Å². The van der Waals surface area contributed by atoms with Gasteiger partial charge in [0, 0.05) is 18.5 Å². The highest BCUT2D eigenvalue weighted by molar-refractivity contribution is 5.84. The summed E-state index contributed by atoms with van der Waals surface area (Å²) in [4.78, 5) is 10.7. The van der Waals surface area contributed by atoms with E-state index in [0.29, 0.717) is 6.42 Å². The summed E-state index contributed by atoms with van der Waals surface area (Å²) >= 11 is 0. The van der Waals surface area contributed by atoms with Gasteiger partial charge in [-0.2, -0.15) is 13.2 Å². The standard InChI is InChI=1S/C9H14F3NO/c1-6-3-2-4-7(13-6)5-8(14)9(10,11)12/h6-7,13H,2-5H2,1H3. The summed E-state index contributed by atoms with van der Waals surface area (Å²) in [7, 11) is 0. The predicted molar refractivity (Wildman–Crippen MR) is 45.9 cm³/mol. The Morgan fingerprint density at radius 3 is 2.57 bits per heavy atom. The van der Waals surface area contributed by atoms with Gasteiger partial charge in [-0.15, -0.1) is 0 Å². The first-order valence-corrected chi connectivity index (χ1v) is 4.75. The molecule has 2 nitrogen and oxygen atoms in total. The Kier molecular flexibility index (Phi) is 3.53. The number of rotatable bonds is 2. The normalized spacial score (nSPS) is 28.9. The van der Waals surface area contributed by atoms with Crippen LogP contribution in [0.25, 0.3) is 0 Å². The Morgan fingerprint density at radius 2 is 2.07 bits per heavy atom. The Hall–Kier alpha value is -0.580. The molecular weight excluding hydrogens is 195 g/mol. The maximum atomic E-state index is 11.9. The van der Waals surface area contributed by atoms with Crippen LogP contribution in [0.5, 0.6) is 0 Å². The van der Waals surface area contributed by atoms with E-state index in [0.717, 1.165) is 12.8 Å². The zero-order chi connectivity index (χ0) is 10.8. The van der Waals surface area contributed by atoms with Crippen molar-refractivity contribution in [3.8, 4) is 0 Å². The van der Waals surface area contributed by atoms with E-state index in [-0.39, 0.29) is 12.1 Å². The minimum Gasteiger partial charge on any atom is -0.311 e. The van der Waals surface area contributed by atoms with Crippen LogP contribution in [0.15, 0.2) is 0 Å². The molecule has 2 atom stereocenters. The first kappa shape index (κ1) is 11.5. The molecule has 0 bridgehead atoms. The first-order chi connectivity index (χ1) is 6.39. The van der Waals surface area contributed by atoms with Crippen LogP contribution >= 0.6 is 0 Å². The van der Waals surface area contributed by atoms with Gasteiger partial charge in [0.15, 0.2) is 0 Å². The molecule has 0 amide bonds. The molecule has 2 unspecified atom stereocenters. The van der Waals surface area contributed by atoms with Crippen LogP contribution in [0, 0.1) is 0 Å². The molecule has 14 heavy (non-hydrogen) atoms.